The second-order valence-electron chi connectivity index (χ2n) is 5.26. The van der Waals surface area contributed by atoms with Crippen molar-refractivity contribution in [2.75, 3.05) is 7.11 Å². The fraction of sp³-hybridized carbons (Fsp3) is 0.562. The molecule has 1 fully saturated rings. The van der Waals surface area contributed by atoms with Gasteiger partial charge in [-0.3, -0.25) is 4.79 Å². The van der Waals surface area contributed by atoms with Crippen LogP contribution in [0.5, 0.6) is 5.75 Å². The van der Waals surface area contributed by atoms with Crippen LogP contribution in [0.2, 0.25) is 0 Å². The van der Waals surface area contributed by atoms with E-state index in [1.165, 1.54) is 19.3 Å². The summed E-state index contributed by atoms with van der Waals surface area (Å²) in [6.07, 6.45) is 5.80. The first-order valence-corrected chi connectivity index (χ1v) is 6.83. The maximum Gasteiger partial charge on any atom is 0.166 e. The summed E-state index contributed by atoms with van der Waals surface area (Å²) in [7, 11) is 1.67. The molecule has 0 amide bonds. The molecule has 1 saturated carbocycles. The van der Waals surface area contributed by atoms with E-state index in [0.717, 1.165) is 35.3 Å². The fourth-order valence-electron chi connectivity index (χ4n) is 2.87. The molecule has 0 atom stereocenters. The van der Waals surface area contributed by atoms with Crippen LogP contribution in [0.3, 0.4) is 0 Å². The molecule has 0 aliphatic heterocycles. The molecular weight excluding hydrogens is 224 g/mol. The minimum atomic E-state index is 0.241. The molecule has 0 heterocycles. The Hall–Kier alpha value is -1.31. The highest BCUT2D eigenvalue weighted by atomic mass is 16.5. The first kappa shape index (κ1) is 13.1. The van der Waals surface area contributed by atoms with E-state index in [4.69, 9.17) is 4.74 Å². The predicted octanol–water partition coefficient (Wildman–Crippen LogP) is 4.08. The van der Waals surface area contributed by atoms with Crippen molar-refractivity contribution in [3.05, 3.63) is 28.8 Å². The summed E-state index contributed by atoms with van der Waals surface area (Å²) in [6, 6.07) is 3.84. The highest BCUT2D eigenvalue weighted by Gasteiger charge is 2.24. The van der Waals surface area contributed by atoms with Gasteiger partial charge in [0.05, 0.1) is 7.11 Å². The molecule has 1 aromatic carbocycles. The van der Waals surface area contributed by atoms with E-state index in [9.17, 15) is 4.79 Å². The van der Waals surface area contributed by atoms with Crippen LogP contribution in [0.4, 0.5) is 0 Å². The molecule has 2 rings (SSSR count). The SMILES string of the molecule is COc1ccc(C(=O)C2CCCCC2)c(C)c1C. The van der Waals surface area contributed by atoms with Gasteiger partial charge in [0.1, 0.15) is 5.75 Å². The van der Waals surface area contributed by atoms with Crippen molar-refractivity contribution < 1.29 is 9.53 Å². The van der Waals surface area contributed by atoms with Crippen LogP contribution in [0.15, 0.2) is 12.1 Å². The van der Waals surface area contributed by atoms with Gasteiger partial charge in [-0.2, -0.15) is 0 Å². The van der Waals surface area contributed by atoms with Gasteiger partial charge in [-0.1, -0.05) is 19.3 Å². The molecule has 2 nitrogen and oxygen atoms in total. The van der Waals surface area contributed by atoms with E-state index < -0.39 is 0 Å². The number of ketones is 1. The zero-order valence-corrected chi connectivity index (χ0v) is 11.6. The van der Waals surface area contributed by atoms with Crippen molar-refractivity contribution in [2.24, 2.45) is 5.92 Å². The third-order valence-corrected chi connectivity index (χ3v) is 4.20. The minimum Gasteiger partial charge on any atom is -0.496 e. The van der Waals surface area contributed by atoms with Crippen LogP contribution in [-0.4, -0.2) is 12.9 Å². The second kappa shape index (κ2) is 5.55. The first-order chi connectivity index (χ1) is 8.65. The minimum absolute atomic E-state index is 0.241. The third kappa shape index (κ3) is 2.43. The summed E-state index contributed by atoms with van der Waals surface area (Å²) in [6.45, 7) is 4.04. The molecule has 18 heavy (non-hydrogen) atoms. The van der Waals surface area contributed by atoms with E-state index in [1.54, 1.807) is 7.11 Å². The lowest BCUT2D eigenvalue weighted by Gasteiger charge is -2.22. The van der Waals surface area contributed by atoms with Gasteiger partial charge in [-0.15, -0.1) is 0 Å². The van der Waals surface area contributed by atoms with Crippen molar-refractivity contribution in [1.29, 1.82) is 0 Å². The number of benzene rings is 1. The van der Waals surface area contributed by atoms with Gasteiger partial charge < -0.3 is 4.74 Å². The Morgan fingerprint density at radius 3 is 2.39 bits per heavy atom. The third-order valence-electron chi connectivity index (χ3n) is 4.20. The molecule has 0 radical (unpaired) electrons. The maximum atomic E-state index is 12.5. The summed E-state index contributed by atoms with van der Waals surface area (Å²) >= 11 is 0. The highest BCUT2D eigenvalue weighted by molar-refractivity contribution is 5.99. The van der Waals surface area contributed by atoms with Gasteiger partial charge in [0.15, 0.2) is 5.78 Å². The van der Waals surface area contributed by atoms with E-state index in [-0.39, 0.29) is 5.92 Å². The molecule has 1 aliphatic carbocycles. The number of rotatable bonds is 3. The normalized spacial score (nSPS) is 16.6. The van der Waals surface area contributed by atoms with E-state index in [0.29, 0.717) is 5.78 Å². The molecule has 0 bridgehead atoms. The number of Topliss-reactive ketones (excluding diaryl/α,β-unsaturated/α-hetero) is 1. The summed E-state index contributed by atoms with van der Waals surface area (Å²) in [4.78, 5) is 12.5. The Morgan fingerprint density at radius 1 is 1.11 bits per heavy atom. The van der Waals surface area contributed by atoms with Crippen molar-refractivity contribution in [2.45, 2.75) is 46.0 Å². The van der Waals surface area contributed by atoms with E-state index in [1.807, 2.05) is 26.0 Å². The Morgan fingerprint density at radius 2 is 1.78 bits per heavy atom. The molecule has 2 heteroatoms. The van der Waals surface area contributed by atoms with Crippen molar-refractivity contribution in [3.8, 4) is 5.75 Å². The van der Waals surface area contributed by atoms with E-state index >= 15 is 0 Å². The zero-order chi connectivity index (χ0) is 13.1. The molecule has 0 saturated heterocycles. The molecule has 0 spiro atoms. The topological polar surface area (TPSA) is 26.3 Å². The smallest absolute Gasteiger partial charge is 0.166 e. The Kier molecular flexibility index (Phi) is 4.05. The molecule has 0 aromatic heterocycles. The van der Waals surface area contributed by atoms with Crippen molar-refractivity contribution in [1.82, 2.24) is 0 Å². The summed E-state index contributed by atoms with van der Waals surface area (Å²) < 4.78 is 5.29. The van der Waals surface area contributed by atoms with Crippen LogP contribution in [0.25, 0.3) is 0 Å². The molecule has 0 unspecified atom stereocenters. The van der Waals surface area contributed by atoms with Gasteiger partial charge in [0.25, 0.3) is 0 Å². The Bertz CT molecular complexity index is 443. The van der Waals surface area contributed by atoms with E-state index in [2.05, 4.69) is 0 Å². The highest BCUT2D eigenvalue weighted by Crippen LogP contribution is 2.30. The molecule has 1 aliphatic rings. The second-order valence-corrected chi connectivity index (χ2v) is 5.26. The Labute approximate surface area is 109 Å². The Balaban J connectivity index is 2.27. The first-order valence-electron chi connectivity index (χ1n) is 6.83. The fourth-order valence-corrected chi connectivity index (χ4v) is 2.87. The summed E-state index contributed by atoms with van der Waals surface area (Å²) in [5.41, 5.74) is 3.05. The average molecular weight is 246 g/mol. The maximum absolute atomic E-state index is 12.5. The summed E-state index contributed by atoms with van der Waals surface area (Å²) in [5, 5.41) is 0. The lowest BCUT2D eigenvalue weighted by Crippen LogP contribution is -2.19. The number of ether oxygens (including phenoxy) is 1. The van der Waals surface area contributed by atoms with Crippen LogP contribution in [0.1, 0.15) is 53.6 Å². The lowest BCUT2D eigenvalue weighted by atomic mass is 9.82. The number of hydrogen-bond donors (Lipinski definition) is 0. The lowest BCUT2D eigenvalue weighted by molar-refractivity contribution is 0.0889. The van der Waals surface area contributed by atoms with Crippen molar-refractivity contribution >= 4 is 5.78 Å². The van der Waals surface area contributed by atoms with Crippen LogP contribution in [0, 0.1) is 19.8 Å². The van der Waals surface area contributed by atoms with Crippen LogP contribution >= 0.6 is 0 Å². The van der Waals surface area contributed by atoms with Gasteiger partial charge in [0.2, 0.25) is 0 Å². The summed E-state index contributed by atoms with van der Waals surface area (Å²) in [5.74, 6) is 1.44. The molecular formula is C16H22O2. The van der Waals surface area contributed by atoms with Gasteiger partial charge >= 0.3 is 0 Å². The number of carbonyl (C=O) groups is 1. The predicted molar refractivity (Wildman–Crippen MR) is 73.4 cm³/mol. The number of methoxy groups -OCH3 is 1. The molecule has 98 valence electrons. The monoisotopic (exact) mass is 246 g/mol. The van der Waals surface area contributed by atoms with Crippen molar-refractivity contribution in [3.63, 3.8) is 0 Å². The molecule has 1 aromatic rings. The van der Waals surface area contributed by atoms with Crippen LogP contribution in [-0.2, 0) is 0 Å². The quantitative estimate of drug-likeness (QED) is 0.751. The van der Waals surface area contributed by atoms with Crippen LogP contribution < -0.4 is 4.74 Å². The largest absolute Gasteiger partial charge is 0.496 e. The number of carbonyl (C=O) groups excluding carboxylic acids is 1. The van der Waals surface area contributed by atoms with Gasteiger partial charge in [-0.05, 0) is 49.9 Å². The molecule has 0 N–H and O–H groups in total. The average Bonchev–Trinajstić information content (AvgIpc) is 2.42. The van der Waals surface area contributed by atoms with Gasteiger partial charge in [-0.25, -0.2) is 0 Å². The zero-order valence-electron chi connectivity index (χ0n) is 11.6. The standard InChI is InChI=1S/C16H22O2/c1-11-12(2)15(18-3)10-9-14(11)16(17)13-7-5-4-6-8-13/h9-10,13H,4-8H2,1-3H3. The van der Waals surface area contributed by atoms with Gasteiger partial charge in [0, 0.05) is 11.5 Å². The number of hydrogen-bond acceptors (Lipinski definition) is 2.